The number of hydrogen-bond acceptors (Lipinski definition) is 4. The topological polar surface area (TPSA) is 79.9 Å². The minimum absolute atomic E-state index is 0.0324. The van der Waals surface area contributed by atoms with Gasteiger partial charge in [-0.3, -0.25) is 9.48 Å². The molecule has 6 nitrogen and oxygen atoms in total. The Kier molecular flexibility index (Phi) is 4.74. The molecule has 2 aromatic rings. The van der Waals surface area contributed by atoms with E-state index in [-0.39, 0.29) is 24.3 Å². The SMILES string of the molecule is C[C@@H]1Cc2c(C(=O)NCc3cc(F)c(C#N)c(F)c3)nn(C)c2[C@H](C)O1. The van der Waals surface area contributed by atoms with Crippen LogP contribution in [0.5, 0.6) is 0 Å². The van der Waals surface area contributed by atoms with Crippen molar-refractivity contribution in [3.05, 3.63) is 51.8 Å². The van der Waals surface area contributed by atoms with Crippen molar-refractivity contribution in [3.63, 3.8) is 0 Å². The van der Waals surface area contributed by atoms with Crippen LogP contribution >= 0.6 is 0 Å². The molecule has 1 aromatic heterocycles. The first-order valence-electron chi connectivity index (χ1n) is 8.19. The van der Waals surface area contributed by atoms with Gasteiger partial charge in [-0.25, -0.2) is 8.78 Å². The molecule has 2 heterocycles. The number of ether oxygens (including phenoxy) is 1. The Morgan fingerprint density at radius 1 is 1.42 bits per heavy atom. The van der Waals surface area contributed by atoms with Gasteiger partial charge >= 0.3 is 0 Å². The van der Waals surface area contributed by atoms with Gasteiger partial charge in [0.1, 0.15) is 23.3 Å². The summed E-state index contributed by atoms with van der Waals surface area (Å²) in [6.07, 6.45) is 0.362. The number of nitriles is 1. The lowest BCUT2D eigenvalue weighted by atomic mass is 9.99. The van der Waals surface area contributed by atoms with Crippen molar-refractivity contribution in [3.8, 4) is 6.07 Å². The van der Waals surface area contributed by atoms with Gasteiger partial charge in [0.2, 0.25) is 0 Å². The summed E-state index contributed by atoms with van der Waals surface area (Å²) >= 11 is 0. The number of fused-ring (bicyclic) bond motifs is 1. The molecule has 136 valence electrons. The highest BCUT2D eigenvalue weighted by atomic mass is 19.1. The molecule has 0 saturated carbocycles. The van der Waals surface area contributed by atoms with Crippen LogP contribution in [0.4, 0.5) is 8.78 Å². The molecule has 1 aliphatic heterocycles. The van der Waals surface area contributed by atoms with Crippen LogP contribution in [0.2, 0.25) is 0 Å². The molecular weight excluding hydrogens is 342 g/mol. The van der Waals surface area contributed by atoms with E-state index in [4.69, 9.17) is 10.00 Å². The summed E-state index contributed by atoms with van der Waals surface area (Å²) in [6.45, 7) is 3.75. The molecule has 1 amide bonds. The Morgan fingerprint density at radius 2 is 2.08 bits per heavy atom. The van der Waals surface area contributed by atoms with Gasteiger partial charge in [-0.1, -0.05) is 0 Å². The summed E-state index contributed by atoms with van der Waals surface area (Å²) in [6, 6.07) is 3.54. The zero-order chi connectivity index (χ0) is 19.0. The number of aromatic nitrogens is 2. The average Bonchev–Trinajstić information content (AvgIpc) is 2.89. The lowest BCUT2D eigenvalue weighted by Gasteiger charge is -2.26. The van der Waals surface area contributed by atoms with Crippen LogP contribution in [-0.4, -0.2) is 21.8 Å². The van der Waals surface area contributed by atoms with Crippen LogP contribution < -0.4 is 5.32 Å². The zero-order valence-corrected chi connectivity index (χ0v) is 14.6. The van der Waals surface area contributed by atoms with E-state index >= 15 is 0 Å². The Hall–Kier alpha value is -2.79. The summed E-state index contributed by atoms with van der Waals surface area (Å²) in [5.74, 6) is -2.33. The van der Waals surface area contributed by atoms with Gasteiger partial charge in [-0.05, 0) is 31.5 Å². The monoisotopic (exact) mass is 360 g/mol. The van der Waals surface area contributed by atoms with Crippen LogP contribution in [0.25, 0.3) is 0 Å². The molecule has 0 spiro atoms. The molecule has 0 bridgehead atoms. The fourth-order valence-corrected chi connectivity index (χ4v) is 3.32. The second-order valence-electron chi connectivity index (χ2n) is 6.36. The standard InChI is InChI=1S/C18H18F2N4O2/c1-9-4-12-16(23-24(3)17(12)10(2)26-9)18(25)22-8-11-5-14(19)13(7-21)15(20)6-11/h5-6,9-10H,4,8H2,1-3H3,(H,22,25)/t9-,10+/m1/s1. The third-order valence-corrected chi connectivity index (χ3v) is 4.39. The number of carbonyl (C=O) groups is 1. The number of rotatable bonds is 3. The normalized spacial score (nSPS) is 18.9. The molecule has 1 aliphatic rings. The number of aryl methyl sites for hydroxylation is 1. The van der Waals surface area contributed by atoms with Crippen molar-refractivity contribution >= 4 is 5.91 Å². The van der Waals surface area contributed by atoms with E-state index in [0.29, 0.717) is 12.1 Å². The Labute approximate surface area is 149 Å². The molecule has 3 rings (SSSR count). The summed E-state index contributed by atoms with van der Waals surface area (Å²) in [4.78, 5) is 12.5. The van der Waals surface area contributed by atoms with E-state index in [2.05, 4.69) is 10.4 Å². The molecule has 0 saturated heterocycles. The highest BCUT2D eigenvalue weighted by Gasteiger charge is 2.31. The number of carbonyl (C=O) groups excluding carboxylic acids is 1. The minimum atomic E-state index is -0.952. The molecular formula is C18H18F2N4O2. The maximum absolute atomic E-state index is 13.7. The van der Waals surface area contributed by atoms with E-state index in [9.17, 15) is 13.6 Å². The van der Waals surface area contributed by atoms with Gasteiger partial charge in [0, 0.05) is 25.6 Å². The number of nitrogens with one attached hydrogen (secondary N) is 1. The lowest BCUT2D eigenvalue weighted by molar-refractivity contribution is -0.00903. The molecule has 0 aliphatic carbocycles. The highest BCUT2D eigenvalue weighted by Crippen LogP contribution is 2.31. The van der Waals surface area contributed by atoms with E-state index in [1.165, 1.54) is 6.07 Å². The molecule has 2 atom stereocenters. The molecule has 26 heavy (non-hydrogen) atoms. The van der Waals surface area contributed by atoms with Gasteiger partial charge in [-0.2, -0.15) is 10.4 Å². The number of benzene rings is 1. The fraction of sp³-hybridized carbons (Fsp3) is 0.389. The molecule has 8 heteroatoms. The first-order chi connectivity index (χ1) is 12.3. The maximum atomic E-state index is 13.7. The van der Waals surface area contributed by atoms with E-state index < -0.39 is 23.1 Å². The molecule has 0 fully saturated rings. The number of amides is 1. The smallest absolute Gasteiger partial charge is 0.272 e. The van der Waals surface area contributed by atoms with Crippen molar-refractivity contribution in [1.29, 1.82) is 5.26 Å². The van der Waals surface area contributed by atoms with Crippen LogP contribution in [0.3, 0.4) is 0 Å². The van der Waals surface area contributed by atoms with Gasteiger partial charge in [0.25, 0.3) is 5.91 Å². The third kappa shape index (κ3) is 3.18. The average molecular weight is 360 g/mol. The number of halogens is 2. The van der Waals surface area contributed by atoms with Crippen molar-refractivity contribution in [1.82, 2.24) is 15.1 Å². The Balaban J connectivity index is 1.80. The van der Waals surface area contributed by atoms with Crippen LogP contribution in [-0.2, 0) is 24.8 Å². The summed E-state index contributed by atoms with van der Waals surface area (Å²) < 4.78 is 34.7. The van der Waals surface area contributed by atoms with E-state index in [1.54, 1.807) is 11.7 Å². The summed E-state index contributed by atoms with van der Waals surface area (Å²) in [5.41, 5.74) is 1.56. The Bertz CT molecular complexity index is 894. The van der Waals surface area contributed by atoms with Crippen molar-refractivity contribution in [2.75, 3.05) is 0 Å². The molecule has 0 radical (unpaired) electrons. The zero-order valence-electron chi connectivity index (χ0n) is 14.6. The number of hydrogen-bond donors (Lipinski definition) is 1. The summed E-state index contributed by atoms with van der Waals surface area (Å²) in [5, 5.41) is 15.6. The van der Waals surface area contributed by atoms with Crippen LogP contribution in [0, 0.1) is 23.0 Å². The minimum Gasteiger partial charge on any atom is -0.369 e. The van der Waals surface area contributed by atoms with Gasteiger partial charge in [-0.15, -0.1) is 0 Å². The fourth-order valence-electron chi connectivity index (χ4n) is 3.32. The highest BCUT2D eigenvalue weighted by molar-refractivity contribution is 5.94. The van der Waals surface area contributed by atoms with Gasteiger partial charge in [0.05, 0.1) is 17.9 Å². The van der Waals surface area contributed by atoms with Gasteiger partial charge in [0.15, 0.2) is 5.69 Å². The predicted octanol–water partition coefficient (Wildman–Crippen LogP) is 2.52. The van der Waals surface area contributed by atoms with Crippen LogP contribution in [0.1, 0.15) is 52.8 Å². The largest absolute Gasteiger partial charge is 0.369 e. The summed E-state index contributed by atoms with van der Waals surface area (Å²) in [7, 11) is 1.75. The molecule has 1 aromatic carbocycles. The Morgan fingerprint density at radius 3 is 2.69 bits per heavy atom. The quantitative estimate of drug-likeness (QED) is 0.912. The maximum Gasteiger partial charge on any atom is 0.272 e. The first kappa shape index (κ1) is 18.0. The third-order valence-electron chi connectivity index (χ3n) is 4.39. The van der Waals surface area contributed by atoms with Gasteiger partial charge < -0.3 is 10.1 Å². The molecule has 0 unspecified atom stereocenters. The van der Waals surface area contributed by atoms with Crippen molar-refractivity contribution in [2.45, 2.75) is 39.0 Å². The number of nitrogens with zero attached hydrogens (tertiary/aromatic N) is 3. The second kappa shape index (κ2) is 6.84. The molecule has 1 N–H and O–H groups in total. The second-order valence-corrected chi connectivity index (χ2v) is 6.36. The van der Waals surface area contributed by atoms with Crippen molar-refractivity contribution < 1.29 is 18.3 Å². The van der Waals surface area contributed by atoms with Crippen LogP contribution in [0.15, 0.2) is 12.1 Å². The lowest BCUT2D eigenvalue weighted by Crippen LogP contribution is -2.27. The van der Waals surface area contributed by atoms with Crippen molar-refractivity contribution in [2.24, 2.45) is 7.05 Å². The van der Waals surface area contributed by atoms with E-state index in [0.717, 1.165) is 23.4 Å². The first-order valence-corrected chi connectivity index (χ1v) is 8.19. The van der Waals surface area contributed by atoms with E-state index in [1.807, 2.05) is 13.8 Å². The predicted molar refractivity (Wildman–Crippen MR) is 88.1 cm³/mol.